The van der Waals surface area contributed by atoms with Crippen LogP contribution in [0, 0.1) is 0 Å². The number of amides is 1. The van der Waals surface area contributed by atoms with Crippen LogP contribution in [0.1, 0.15) is 0 Å². The van der Waals surface area contributed by atoms with Gasteiger partial charge in [-0.25, -0.2) is 9.97 Å². The lowest BCUT2D eigenvalue weighted by Crippen LogP contribution is -2.30. The Balaban J connectivity index is 2.01. The zero-order valence-corrected chi connectivity index (χ0v) is 11.8. The highest BCUT2D eigenvalue weighted by Crippen LogP contribution is 2.20. The molecule has 0 aliphatic heterocycles. The summed E-state index contributed by atoms with van der Waals surface area (Å²) in [5.74, 6) is 0.0384. The summed E-state index contributed by atoms with van der Waals surface area (Å²) in [6.07, 6.45) is 0. The van der Waals surface area contributed by atoms with E-state index in [-0.39, 0.29) is 23.4 Å². The summed E-state index contributed by atoms with van der Waals surface area (Å²) in [4.78, 5) is 20.2. The number of benzene rings is 1. The van der Waals surface area contributed by atoms with Crippen molar-refractivity contribution >= 4 is 34.4 Å². The second kappa shape index (κ2) is 7.14. The topological polar surface area (TPSA) is 76.1 Å². The van der Waals surface area contributed by atoms with Gasteiger partial charge in [-0.1, -0.05) is 23.7 Å². The first kappa shape index (κ1) is 14.6. The number of ether oxygens (including phenoxy) is 1. The van der Waals surface area contributed by atoms with Gasteiger partial charge in [-0.05, 0) is 12.1 Å². The van der Waals surface area contributed by atoms with Crippen LogP contribution in [0.3, 0.4) is 0 Å². The Morgan fingerprint density at radius 1 is 1.30 bits per heavy atom. The van der Waals surface area contributed by atoms with Gasteiger partial charge in [0, 0.05) is 13.7 Å². The smallest absolute Gasteiger partial charge is 0.239 e. The average Bonchev–Trinajstić information content (AvgIpc) is 2.44. The lowest BCUT2D eigenvalue weighted by molar-refractivity contribution is -0.115. The number of nitrogens with zero attached hydrogens (tertiary/aromatic N) is 2. The highest BCUT2D eigenvalue weighted by molar-refractivity contribution is 6.32. The van der Waals surface area contributed by atoms with Gasteiger partial charge >= 0.3 is 0 Å². The van der Waals surface area contributed by atoms with Gasteiger partial charge in [0.05, 0.1) is 24.2 Å². The van der Waals surface area contributed by atoms with Crippen LogP contribution in [-0.2, 0) is 9.53 Å². The van der Waals surface area contributed by atoms with Crippen molar-refractivity contribution in [3.63, 3.8) is 0 Å². The number of carbonyl (C=O) groups excluding carboxylic acids is 1. The van der Waals surface area contributed by atoms with Crippen molar-refractivity contribution in [3.05, 3.63) is 29.4 Å². The maximum atomic E-state index is 11.7. The summed E-state index contributed by atoms with van der Waals surface area (Å²) in [5.41, 5.74) is 1.37. The molecule has 1 aromatic heterocycles. The molecule has 0 aliphatic carbocycles. The molecule has 7 heteroatoms. The number of hydrogen-bond donors (Lipinski definition) is 2. The second-order valence-electron chi connectivity index (χ2n) is 4.07. The summed E-state index contributed by atoms with van der Waals surface area (Å²) < 4.78 is 4.87. The lowest BCUT2D eigenvalue weighted by atomic mass is 10.3. The van der Waals surface area contributed by atoms with Gasteiger partial charge in [-0.15, -0.1) is 0 Å². The van der Waals surface area contributed by atoms with E-state index in [4.69, 9.17) is 16.3 Å². The van der Waals surface area contributed by atoms with Gasteiger partial charge in [0.1, 0.15) is 0 Å². The third-order valence-electron chi connectivity index (χ3n) is 2.55. The quantitative estimate of drug-likeness (QED) is 0.789. The Morgan fingerprint density at radius 3 is 2.70 bits per heavy atom. The second-order valence-corrected chi connectivity index (χ2v) is 4.43. The minimum Gasteiger partial charge on any atom is -0.383 e. The predicted octanol–water partition coefficient (Wildman–Crippen LogP) is 1.46. The average molecular weight is 295 g/mol. The molecule has 20 heavy (non-hydrogen) atoms. The number of carbonyl (C=O) groups is 1. The molecular formula is C13H15ClN4O2. The molecule has 0 atom stereocenters. The fourth-order valence-electron chi connectivity index (χ4n) is 1.61. The highest BCUT2D eigenvalue weighted by atomic mass is 35.5. The minimum absolute atomic E-state index is 0.161. The molecule has 0 unspecified atom stereocenters. The molecule has 106 valence electrons. The molecule has 0 bridgehead atoms. The summed E-state index contributed by atoms with van der Waals surface area (Å²) in [6.45, 7) is 1.30. The normalized spacial score (nSPS) is 10.7. The van der Waals surface area contributed by atoms with Crippen molar-refractivity contribution < 1.29 is 9.53 Å². The Labute approximate surface area is 121 Å². The molecule has 0 saturated carbocycles. The molecule has 0 fully saturated rings. The molecule has 2 aromatic rings. The van der Waals surface area contributed by atoms with E-state index >= 15 is 0 Å². The third kappa shape index (κ3) is 3.86. The SMILES string of the molecule is COCCNCC(=O)Nc1nc2ccccc2nc1Cl. The fourth-order valence-corrected chi connectivity index (χ4v) is 1.79. The van der Waals surface area contributed by atoms with Crippen LogP contribution in [-0.4, -0.2) is 42.7 Å². The largest absolute Gasteiger partial charge is 0.383 e. The van der Waals surface area contributed by atoms with Crippen molar-refractivity contribution in [1.29, 1.82) is 0 Å². The molecule has 0 saturated heterocycles. The first-order valence-corrected chi connectivity index (χ1v) is 6.50. The fraction of sp³-hybridized carbons (Fsp3) is 0.308. The van der Waals surface area contributed by atoms with Crippen molar-refractivity contribution in [1.82, 2.24) is 15.3 Å². The van der Waals surface area contributed by atoms with Gasteiger partial charge in [0.25, 0.3) is 0 Å². The van der Waals surface area contributed by atoms with Gasteiger partial charge in [-0.3, -0.25) is 4.79 Å². The molecule has 0 aliphatic rings. The molecule has 2 N–H and O–H groups in total. The molecule has 1 aromatic carbocycles. The number of rotatable bonds is 6. The van der Waals surface area contributed by atoms with Crippen LogP contribution in [0.15, 0.2) is 24.3 Å². The van der Waals surface area contributed by atoms with Gasteiger partial charge in [-0.2, -0.15) is 0 Å². The monoisotopic (exact) mass is 294 g/mol. The molecule has 1 amide bonds. The van der Waals surface area contributed by atoms with Crippen molar-refractivity contribution in [2.75, 3.05) is 32.1 Å². The van der Waals surface area contributed by atoms with E-state index in [1.807, 2.05) is 24.3 Å². The number of nitrogens with one attached hydrogen (secondary N) is 2. The molecule has 6 nitrogen and oxygen atoms in total. The predicted molar refractivity (Wildman–Crippen MR) is 77.9 cm³/mol. The zero-order valence-electron chi connectivity index (χ0n) is 11.0. The number of halogens is 1. The van der Waals surface area contributed by atoms with Gasteiger partial charge in [0.15, 0.2) is 11.0 Å². The van der Waals surface area contributed by atoms with E-state index < -0.39 is 0 Å². The number of methoxy groups -OCH3 is 1. The Morgan fingerprint density at radius 2 is 2.00 bits per heavy atom. The molecule has 2 rings (SSSR count). The van der Waals surface area contributed by atoms with E-state index in [0.717, 1.165) is 0 Å². The first-order valence-electron chi connectivity index (χ1n) is 6.12. The van der Waals surface area contributed by atoms with E-state index in [0.29, 0.717) is 24.2 Å². The Hall–Kier alpha value is -1.76. The number of aromatic nitrogens is 2. The summed E-state index contributed by atoms with van der Waals surface area (Å²) in [6, 6.07) is 7.32. The van der Waals surface area contributed by atoms with E-state index in [2.05, 4.69) is 20.6 Å². The van der Waals surface area contributed by atoms with Crippen molar-refractivity contribution in [2.45, 2.75) is 0 Å². The number of hydrogen-bond acceptors (Lipinski definition) is 5. The van der Waals surface area contributed by atoms with Gasteiger partial charge in [0.2, 0.25) is 5.91 Å². The Kier molecular flexibility index (Phi) is 5.23. The van der Waals surface area contributed by atoms with Crippen LogP contribution in [0.4, 0.5) is 5.82 Å². The van der Waals surface area contributed by atoms with Crippen molar-refractivity contribution in [2.24, 2.45) is 0 Å². The molecule has 0 radical (unpaired) electrons. The molecular weight excluding hydrogens is 280 g/mol. The van der Waals surface area contributed by atoms with Crippen molar-refractivity contribution in [3.8, 4) is 0 Å². The van der Waals surface area contributed by atoms with Crippen LogP contribution in [0.2, 0.25) is 5.15 Å². The number of para-hydroxylation sites is 2. The summed E-state index contributed by atoms with van der Waals surface area (Å²) in [5, 5.41) is 5.74. The highest BCUT2D eigenvalue weighted by Gasteiger charge is 2.09. The first-order chi connectivity index (χ1) is 9.70. The number of anilines is 1. The Bertz CT molecular complexity index is 606. The minimum atomic E-state index is -0.229. The molecule has 1 heterocycles. The van der Waals surface area contributed by atoms with Crippen LogP contribution in [0.25, 0.3) is 11.0 Å². The van der Waals surface area contributed by atoms with E-state index in [9.17, 15) is 4.79 Å². The van der Waals surface area contributed by atoms with Gasteiger partial charge < -0.3 is 15.4 Å². The molecule has 0 spiro atoms. The zero-order chi connectivity index (χ0) is 14.4. The number of fused-ring (bicyclic) bond motifs is 1. The lowest BCUT2D eigenvalue weighted by Gasteiger charge is -2.08. The van der Waals surface area contributed by atoms with Crippen LogP contribution in [0.5, 0.6) is 0 Å². The summed E-state index contributed by atoms with van der Waals surface area (Å²) >= 11 is 6.00. The van der Waals surface area contributed by atoms with E-state index in [1.54, 1.807) is 7.11 Å². The van der Waals surface area contributed by atoms with E-state index in [1.165, 1.54) is 0 Å². The van der Waals surface area contributed by atoms with Crippen LogP contribution >= 0.6 is 11.6 Å². The van der Waals surface area contributed by atoms with Crippen LogP contribution < -0.4 is 10.6 Å². The standard InChI is InChI=1S/C13H15ClN4O2/c1-20-7-6-15-8-11(19)18-13-12(14)16-9-4-2-3-5-10(9)17-13/h2-5,15H,6-8H2,1H3,(H,17,18,19). The summed E-state index contributed by atoms with van der Waals surface area (Å²) in [7, 11) is 1.60. The maximum absolute atomic E-state index is 11.7. The third-order valence-corrected chi connectivity index (χ3v) is 2.82. The maximum Gasteiger partial charge on any atom is 0.239 e.